The van der Waals surface area contributed by atoms with E-state index in [9.17, 15) is 20.2 Å². The lowest BCUT2D eigenvalue weighted by Gasteiger charge is -2.05. The molecule has 0 bridgehead atoms. The Morgan fingerprint density at radius 1 is 0.615 bits per heavy atom. The number of unbranched alkanes of at least 4 members (excludes halogenated alkanes) is 4. The molecule has 9 nitrogen and oxygen atoms in total. The van der Waals surface area contributed by atoms with Gasteiger partial charge >= 0.3 is 0 Å². The number of nitro groups is 2. The van der Waals surface area contributed by atoms with Gasteiger partial charge in [-0.1, -0.05) is 51.7 Å². The highest BCUT2D eigenvalue weighted by Gasteiger charge is 2.17. The zero-order valence-corrected chi connectivity index (χ0v) is 23.2. The number of pyridine rings is 2. The average Bonchev–Trinajstić information content (AvgIpc) is 2.89. The minimum absolute atomic E-state index is 0. The quantitative estimate of drug-likeness (QED) is 0.117. The summed E-state index contributed by atoms with van der Waals surface area (Å²) >= 11 is 0. The van der Waals surface area contributed by atoms with Crippen LogP contribution in [0.25, 0.3) is 21.8 Å². The number of benzene rings is 2. The van der Waals surface area contributed by atoms with Crippen LogP contribution in [-0.2, 0) is 12.8 Å². The predicted octanol–water partition coefficient (Wildman–Crippen LogP) is 7.54. The standard InChI is InChI=1S/2C15H18N2O2.H2O/c2*1-3-4-5-6-12-8-9-13-14(16-12)10-7-11(2)15(13)17(18)19;/h2*7-10H,3-6H2,1-2H3;1H2. The summed E-state index contributed by atoms with van der Waals surface area (Å²) in [5.74, 6) is 0. The Kier molecular flexibility index (Phi) is 11.9. The van der Waals surface area contributed by atoms with Crippen molar-refractivity contribution in [2.75, 3.05) is 0 Å². The molecule has 2 aromatic heterocycles. The van der Waals surface area contributed by atoms with Gasteiger partial charge in [0.05, 0.1) is 31.7 Å². The van der Waals surface area contributed by atoms with Crippen LogP contribution in [0.3, 0.4) is 0 Å². The summed E-state index contributed by atoms with van der Waals surface area (Å²) in [6, 6.07) is 14.7. The third-order valence-corrected chi connectivity index (χ3v) is 6.64. The first-order valence-corrected chi connectivity index (χ1v) is 13.3. The molecule has 0 aliphatic heterocycles. The minimum atomic E-state index is -0.323. The van der Waals surface area contributed by atoms with Crippen molar-refractivity contribution in [1.82, 2.24) is 9.97 Å². The first-order valence-electron chi connectivity index (χ1n) is 13.3. The fraction of sp³-hybridized carbons (Fsp3) is 0.400. The summed E-state index contributed by atoms with van der Waals surface area (Å²) < 4.78 is 0. The van der Waals surface area contributed by atoms with Crippen molar-refractivity contribution in [3.05, 3.63) is 91.3 Å². The van der Waals surface area contributed by atoms with Crippen LogP contribution in [0.15, 0.2) is 48.5 Å². The van der Waals surface area contributed by atoms with E-state index in [1.807, 2.05) is 36.4 Å². The molecule has 0 atom stereocenters. The first kappa shape index (κ1) is 31.2. The van der Waals surface area contributed by atoms with Crippen molar-refractivity contribution in [3.63, 3.8) is 0 Å². The molecule has 0 aliphatic carbocycles. The molecule has 0 aliphatic rings. The van der Waals surface area contributed by atoms with Crippen LogP contribution in [0.5, 0.6) is 0 Å². The van der Waals surface area contributed by atoms with E-state index in [0.717, 1.165) is 37.1 Å². The number of aryl methyl sites for hydroxylation is 4. The van der Waals surface area contributed by atoms with Gasteiger partial charge in [0.25, 0.3) is 11.4 Å². The van der Waals surface area contributed by atoms with Gasteiger partial charge in [0.1, 0.15) is 0 Å². The summed E-state index contributed by atoms with van der Waals surface area (Å²) in [6.45, 7) is 7.85. The van der Waals surface area contributed by atoms with E-state index < -0.39 is 0 Å². The van der Waals surface area contributed by atoms with Crippen molar-refractivity contribution in [1.29, 1.82) is 0 Å². The van der Waals surface area contributed by atoms with Gasteiger partial charge < -0.3 is 5.48 Å². The van der Waals surface area contributed by atoms with Crippen LogP contribution in [0, 0.1) is 34.1 Å². The Hall–Kier alpha value is -3.98. The number of fused-ring (bicyclic) bond motifs is 2. The third-order valence-electron chi connectivity index (χ3n) is 6.64. The van der Waals surface area contributed by atoms with Gasteiger partial charge in [0, 0.05) is 22.5 Å². The van der Waals surface area contributed by atoms with Crippen LogP contribution < -0.4 is 0 Å². The highest BCUT2D eigenvalue weighted by molar-refractivity contribution is 5.90. The topological polar surface area (TPSA) is 144 Å². The van der Waals surface area contributed by atoms with Crippen LogP contribution in [-0.4, -0.2) is 25.3 Å². The second-order valence-electron chi connectivity index (χ2n) is 9.63. The molecule has 2 aromatic carbocycles. The number of nitro benzene ring substituents is 2. The summed E-state index contributed by atoms with van der Waals surface area (Å²) in [4.78, 5) is 30.6. The van der Waals surface area contributed by atoms with E-state index in [1.165, 1.54) is 25.7 Å². The van der Waals surface area contributed by atoms with Crippen molar-refractivity contribution in [2.45, 2.75) is 79.1 Å². The Labute approximate surface area is 228 Å². The molecule has 0 unspecified atom stereocenters. The Balaban J connectivity index is 0.000000267. The molecule has 208 valence electrons. The lowest BCUT2D eigenvalue weighted by molar-refractivity contribution is -0.383. The molecule has 0 spiro atoms. The maximum atomic E-state index is 11.1. The highest BCUT2D eigenvalue weighted by atomic mass is 16.6. The SMILES string of the molecule is CCCCCc1ccc2c([N+](=O)[O-])c(C)ccc2n1.CCCCCc1ccc2c([N+](=O)[O-])c(C)ccc2n1.O. The van der Waals surface area contributed by atoms with E-state index >= 15 is 0 Å². The van der Waals surface area contributed by atoms with E-state index in [0.29, 0.717) is 32.9 Å². The molecule has 39 heavy (non-hydrogen) atoms. The van der Waals surface area contributed by atoms with Gasteiger partial charge in [-0.05, 0) is 75.9 Å². The zero-order chi connectivity index (χ0) is 27.7. The lowest BCUT2D eigenvalue weighted by atomic mass is 10.1. The van der Waals surface area contributed by atoms with Gasteiger partial charge in [0.2, 0.25) is 0 Å². The van der Waals surface area contributed by atoms with Gasteiger partial charge in [-0.2, -0.15) is 0 Å². The third kappa shape index (κ3) is 8.00. The zero-order valence-electron chi connectivity index (χ0n) is 23.2. The maximum absolute atomic E-state index is 11.1. The van der Waals surface area contributed by atoms with Gasteiger partial charge in [-0.25, -0.2) is 0 Å². The van der Waals surface area contributed by atoms with E-state index in [4.69, 9.17) is 0 Å². The fourth-order valence-corrected chi connectivity index (χ4v) is 4.55. The van der Waals surface area contributed by atoms with Crippen LogP contribution >= 0.6 is 0 Å². The molecule has 0 fully saturated rings. The molecular weight excluding hydrogens is 496 g/mol. The number of nitrogens with zero attached hydrogens (tertiary/aromatic N) is 4. The molecule has 4 aromatic rings. The molecule has 4 rings (SSSR count). The number of rotatable bonds is 10. The van der Waals surface area contributed by atoms with Crippen molar-refractivity contribution in [2.24, 2.45) is 0 Å². The molecule has 2 N–H and O–H groups in total. The minimum Gasteiger partial charge on any atom is -0.412 e. The largest absolute Gasteiger partial charge is 0.412 e. The number of hydrogen-bond donors (Lipinski definition) is 0. The molecule has 2 heterocycles. The molecule has 9 heteroatoms. The van der Waals surface area contributed by atoms with Crippen LogP contribution in [0.4, 0.5) is 11.4 Å². The monoisotopic (exact) mass is 534 g/mol. The van der Waals surface area contributed by atoms with Crippen molar-refractivity contribution < 1.29 is 15.3 Å². The van der Waals surface area contributed by atoms with Gasteiger partial charge in [-0.15, -0.1) is 0 Å². The van der Waals surface area contributed by atoms with Gasteiger partial charge in [-0.3, -0.25) is 30.2 Å². The number of hydrogen-bond acceptors (Lipinski definition) is 6. The smallest absolute Gasteiger partial charge is 0.281 e. The fourth-order valence-electron chi connectivity index (χ4n) is 4.55. The molecule has 0 radical (unpaired) electrons. The Bertz CT molecular complexity index is 1330. The normalized spacial score (nSPS) is 10.6. The van der Waals surface area contributed by atoms with Gasteiger partial charge in [0.15, 0.2) is 0 Å². The second-order valence-corrected chi connectivity index (χ2v) is 9.63. The van der Waals surface area contributed by atoms with Crippen LogP contribution in [0.1, 0.15) is 74.9 Å². The number of aromatic nitrogens is 2. The van der Waals surface area contributed by atoms with Crippen molar-refractivity contribution >= 4 is 33.2 Å². The van der Waals surface area contributed by atoms with E-state index in [2.05, 4.69) is 23.8 Å². The predicted molar refractivity (Wildman–Crippen MR) is 156 cm³/mol. The molecular formula is C30H38N4O5. The van der Waals surface area contributed by atoms with E-state index in [-0.39, 0.29) is 26.7 Å². The Morgan fingerprint density at radius 3 is 1.33 bits per heavy atom. The van der Waals surface area contributed by atoms with E-state index in [1.54, 1.807) is 26.0 Å². The van der Waals surface area contributed by atoms with Crippen LogP contribution in [0.2, 0.25) is 0 Å². The first-order chi connectivity index (χ1) is 18.3. The molecule has 0 saturated heterocycles. The summed E-state index contributed by atoms with van der Waals surface area (Å²) in [7, 11) is 0. The molecule has 0 saturated carbocycles. The second kappa shape index (κ2) is 14.8. The maximum Gasteiger partial charge on any atom is 0.281 e. The molecule has 0 amide bonds. The van der Waals surface area contributed by atoms with Crippen molar-refractivity contribution in [3.8, 4) is 0 Å². The Morgan fingerprint density at radius 2 is 1.00 bits per heavy atom. The summed E-state index contributed by atoms with van der Waals surface area (Å²) in [5.41, 5.74) is 5.15. The highest BCUT2D eigenvalue weighted by Crippen LogP contribution is 2.29. The average molecular weight is 535 g/mol. The summed E-state index contributed by atoms with van der Waals surface area (Å²) in [6.07, 6.45) is 8.83. The summed E-state index contributed by atoms with van der Waals surface area (Å²) in [5, 5.41) is 23.5. The lowest BCUT2D eigenvalue weighted by Crippen LogP contribution is -1.96.